The Kier molecular flexibility index (Phi) is 2.76. The van der Waals surface area contributed by atoms with Gasteiger partial charge in [-0.1, -0.05) is 18.2 Å². The summed E-state index contributed by atoms with van der Waals surface area (Å²) in [5.74, 6) is 1.39. The molecule has 0 spiro atoms. The lowest BCUT2D eigenvalue weighted by atomic mass is 9.92. The van der Waals surface area contributed by atoms with Crippen molar-refractivity contribution in [1.82, 2.24) is 0 Å². The Morgan fingerprint density at radius 2 is 2.00 bits per heavy atom. The first-order chi connectivity index (χ1) is 8.78. The molecule has 2 aromatic rings. The molecule has 3 rings (SSSR count). The molecule has 92 valence electrons. The molecule has 1 heterocycles. The van der Waals surface area contributed by atoms with Crippen molar-refractivity contribution in [2.45, 2.75) is 12.3 Å². The molecule has 2 nitrogen and oxygen atoms in total. The van der Waals surface area contributed by atoms with Gasteiger partial charge in [-0.05, 0) is 42.8 Å². The van der Waals surface area contributed by atoms with Crippen LogP contribution in [0.25, 0.3) is 0 Å². The highest BCUT2D eigenvalue weighted by atomic mass is 19.1. The third kappa shape index (κ3) is 1.87. The molecule has 1 aliphatic heterocycles. The minimum atomic E-state index is -0.248. The van der Waals surface area contributed by atoms with Gasteiger partial charge in [-0.15, -0.1) is 0 Å². The first-order valence-corrected chi connectivity index (χ1v) is 6.03. The molecule has 0 fully saturated rings. The van der Waals surface area contributed by atoms with Crippen LogP contribution in [0.15, 0.2) is 42.5 Å². The quantitative estimate of drug-likeness (QED) is 0.834. The van der Waals surface area contributed by atoms with Crippen LogP contribution < -0.4 is 10.5 Å². The Morgan fingerprint density at radius 3 is 2.83 bits per heavy atom. The summed E-state index contributed by atoms with van der Waals surface area (Å²) >= 11 is 0. The van der Waals surface area contributed by atoms with Crippen molar-refractivity contribution in [3.05, 3.63) is 59.4 Å². The van der Waals surface area contributed by atoms with E-state index in [1.807, 2.05) is 24.3 Å². The average molecular weight is 243 g/mol. The number of ether oxygens (including phenoxy) is 1. The second-order valence-electron chi connectivity index (χ2n) is 4.53. The molecule has 0 unspecified atom stereocenters. The zero-order valence-electron chi connectivity index (χ0n) is 9.90. The fourth-order valence-corrected chi connectivity index (χ4v) is 2.41. The molecular formula is C15H14FNO. The van der Waals surface area contributed by atoms with Crippen molar-refractivity contribution < 1.29 is 9.13 Å². The summed E-state index contributed by atoms with van der Waals surface area (Å²) in [5.41, 5.74) is 7.79. The first kappa shape index (κ1) is 11.2. The molecular weight excluding hydrogens is 229 g/mol. The van der Waals surface area contributed by atoms with E-state index in [0.29, 0.717) is 12.3 Å². The van der Waals surface area contributed by atoms with Crippen LogP contribution in [-0.4, -0.2) is 6.54 Å². The molecule has 3 heteroatoms. The van der Waals surface area contributed by atoms with Gasteiger partial charge >= 0.3 is 0 Å². The summed E-state index contributed by atoms with van der Waals surface area (Å²) in [6.45, 7) is 0.480. The number of nitrogens with two attached hydrogens (primary N) is 1. The van der Waals surface area contributed by atoms with Crippen molar-refractivity contribution in [3.8, 4) is 11.5 Å². The maximum absolute atomic E-state index is 13.4. The van der Waals surface area contributed by atoms with Gasteiger partial charge < -0.3 is 10.5 Å². The van der Waals surface area contributed by atoms with E-state index in [-0.39, 0.29) is 11.7 Å². The highest BCUT2D eigenvalue weighted by Gasteiger charge is 2.22. The molecule has 0 bridgehead atoms. The fraction of sp³-hybridized carbons (Fsp3) is 0.200. The molecule has 1 aliphatic rings. The maximum atomic E-state index is 13.4. The largest absolute Gasteiger partial charge is 0.457 e. The monoisotopic (exact) mass is 243 g/mol. The number of hydrogen-bond acceptors (Lipinski definition) is 2. The number of para-hydroxylation sites is 1. The first-order valence-electron chi connectivity index (χ1n) is 6.03. The Bertz CT molecular complexity index is 582. The Morgan fingerprint density at radius 1 is 1.17 bits per heavy atom. The van der Waals surface area contributed by atoms with E-state index in [0.717, 1.165) is 23.3 Å². The molecule has 0 radical (unpaired) electrons. The second-order valence-corrected chi connectivity index (χ2v) is 4.53. The zero-order valence-corrected chi connectivity index (χ0v) is 9.90. The fourth-order valence-electron chi connectivity index (χ4n) is 2.41. The van der Waals surface area contributed by atoms with Crippen molar-refractivity contribution in [3.63, 3.8) is 0 Å². The van der Waals surface area contributed by atoms with Crippen LogP contribution in [0.5, 0.6) is 11.5 Å². The van der Waals surface area contributed by atoms with Crippen molar-refractivity contribution in [1.29, 1.82) is 0 Å². The third-order valence-corrected chi connectivity index (χ3v) is 3.36. The average Bonchev–Trinajstić information content (AvgIpc) is 2.54. The van der Waals surface area contributed by atoms with E-state index >= 15 is 0 Å². The van der Waals surface area contributed by atoms with Gasteiger partial charge in [0.25, 0.3) is 0 Å². The lowest BCUT2D eigenvalue weighted by Crippen LogP contribution is -2.14. The van der Waals surface area contributed by atoms with Crippen LogP contribution in [0.1, 0.15) is 17.0 Å². The highest BCUT2D eigenvalue weighted by Crippen LogP contribution is 2.39. The molecule has 0 aliphatic carbocycles. The number of halogens is 1. The van der Waals surface area contributed by atoms with E-state index < -0.39 is 0 Å². The van der Waals surface area contributed by atoms with Gasteiger partial charge in [0.2, 0.25) is 0 Å². The molecule has 2 aromatic carbocycles. The van der Waals surface area contributed by atoms with Gasteiger partial charge in [0, 0.05) is 11.5 Å². The van der Waals surface area contributed by atoms with Crippen molar-refractivity contribution >= 4 is 0 Å². The summed E-state index contributed by atoms with van der Waals surface area (Å²) in [4.78, 5) is 0. The van der Waals surface area contributed by atoms with Crippen molar-refractivity contribution in [2.75, 3.05) is 6.54 Å². The summed E-state index contributed by atoms with van der Waals surface area (Å²) in [5, 5.41) is 0. The Hall–Kier alpha value is -1.87. The van der Waals surface area contributed by atoms with Crippen LogP contribution in [0.3, 0.4) is 0 Å². The zero-order chi connectivity index (χ0) is 12.5. The summed E-state index contributed by atoms with van der Waals surface area (Å²) in [6.07, 6.45) is 0.781. The van der Waals surface area contributed by atoms with E-state index in [1.165, 1.54) is 12.1 Å². The van der Waals surface area contributed by atoms with Crippen LogP contribution >= 0.6 is 0 Å². The number of fused-ring (bicyclic) bond motifs is 2. The van der Waals surface area contributed by atoms with Crippen molar-refractivity contribution in [2.24, 2.45) is 5.73 Å². The van der Waals surface area contributed by atoms with Crippen LogP contribution in [0.2, 0.25) is 0 Å². The summed E-state index contributed by atoms with van der Waals surface area (Å²) in [6, 6.07) is 12.5. The lowest BCUT2D eigenvalue weighted by molar-refractivity contribution is 0.475. The topological polar surface area (TPSA) is 35.2 Å². The molecule has 0 amide bonds. The van der Waals surface area contributed by atoms with Gasteiger partial charge in [-0.2, -0.15) is 0 Å². The van der Waals surface area contributed by atoms with Crippen LogP contribution in [0.4, 0.5) is 4.39 Å². The van der Waals surface area contributed by atoms with E-state index in [9.17, 15) is 4.39 Å². The lowest BCUT2D eigenvalue weighted by Gasteiger charge is -2.14. The Balaban J connectivity index is 2.14. The van der Waals surface area contributed by atoms with Crippen LogP contribution in [-0.2, 0) is 6.42 Å². The molecule has 18 heavy (non-hydrogen) atoms. The summed E-state index contributed by atoms with van der Waals surface area (Å²) in [7, 11) is 0. The van der Waals surface area contributed by atoms with Crippen LogP contribution in [0, 0.1) is 5.82 Å². The van der Waals surface area contributed by atoms with Gasteiger partial charge in [0.1, 0.15) is 17.3 Å². The molecule has 0 saturated heterocycles. The maximum Gasteiger partial charge on any atom is 0.131 e. The van der Waals surface area contributed by atoms with E-state index in [1.54, 1.807) is 6.07 Å². The smallest absolute Gasteiger partial charge is 0.131 e. The van der Waals surface area contributed by atoms with Gasteiger partial charge in [-0.25, -0.2) is 4.39 Å². The number of hydrogen-bond donors (Lipinski definition) is 1. The number of rotatable bonds is 1. The second kappa shape index (κ2) is 4.42. The minimum Gasteiger partial charge on any atom is -0.457 e. The Labute approximate surface area is 105 Å². The molecule has 0 aromatic heterocycles. The SMILES string of the molecule is NC[C@H]1Cc2ccccc2Oc2ccc(F)cc21. The van der Waals surface area contributed by atoms with Gasteiger partial charge in [0.05, 0.1) is 0 Å². The highest BCUT2D eigenvalue weighted by molar-refractivity contribution is 5.47. The van der Waals surface area contributed by atoms with Gasteiger partial charge in [0.15, 0.2) is 0 Å². The molecule has 0 saturated carbocycles. The van der Waals surface area contributed by atoms with E-state index in [2.05, 4.69) is 0 Å². The standard InChI is InChI=1S/C15H14FNO/c16-12-5-6-15-13(8-12)11(9-17)7-10-3-1-2-4-14(10)18-15/h1-6,8,11H,7,9,17H2/t11-/m1/s1. The molecule has 1 atom stereocenters. The minimum absolute atomic E-state index is 0.0966. The predicted octanol–water partition coefficient (Wildman–Crippen LogP) is 3.22. The normalized spacial score (nSPS) is 17.3. The number of benzene rings is 2. The third-order valence-electron chi connectivity index (χ3n) is 3.36. The molecule has 2 N–H and O–H groups in total. The predicted molar refractivity (Wildman–Crippen MR) is 68.4 cm³/mol. The van der Waals surface area contributed by atoms with Gasteiger partial charge in [-0.3, -0.25) is 0 Å². The summed E-state index contributed by atoms with van der Waals surface area (Å²) < 4.78 is 19.2. The van der Waals surface area contributed by atoms with E-state index in [4.69, 9.17) is 10.5 Å².